The van der Waals surface area contributed by atoms with Crippen LogP contribution >= 0.6 is 15.9 Å². The van der Waals surface area contributed by atoms with Gasteiger partial charge in [0.1, 0.15) is 5.75 Å². The van der Waals surface area contributed by atoms with E-state index in [-0.39, 0.29) is 10.8 Å². The zero-order chi connectivity index (χ0) is 23.2. The molecule has 0 N–H and O–H groups in total. The van der Waals surface area contributed by atoms with Gasteiger partial charge in [0, 0.05) is 22.6 Å². The third kappa shape index (κ3) is 5.15. The van der Waals surface area contributed by atoms with Gasteiger partial charge in [0.05, 0.1) is 24.0 Å². The molecule has 1 heterocycles. The summed E-state index contributed by atoms with van der Waals surface area (Å²) in [7, 11) is -0.0365. The van der Waals surface area contributed by atoms with Crippen molar-refractivity contribution < 1.29 is 22.3 Å². The van der Waals surface area contributed by atoms with Crippen LogP contribution in [0.15, 0.2) is 41.1 Å². The first-order chi connectivity index (χ1) is 14.2. The summed E-state index contributed by atoms with van der Waals surface area (Å²) < 4.78 is 50.6. The Morgan fingerprint density at radius 1 is 1.10 bits per heavy atom. The quantitative estimate of drug-likeness (QED) is 0.332. The first-order valence-corrected chi connectivity index (χ1v) is 13.5. The van der Waals surface area contributed by atoms with Crippen molar-refractivity contribution in [3.8, 4) is 16.9 Å². The van der Waals surface area contributed by atoms with Gasteiger partial charge in [-0.2, -0.15) is 0 Å². The molecule has 0 unspecified atom stereocenters. The molecule has 0 bridgehead atoms. The van der Waals surface area contributed by atoms with Crippen LogP contribution in [0.5, 0.6) is 5.75 Å². The van der Waals surface area contributed by atoms with E-state index in [1.807, 2.05) is 17.7 Å². The van der Waals surface area contributed by atoms with Gasteiger partial charge >= 0.3 is 6.36 Å². The Morgan fingerprint density at radius 3 is 2.26 bits per heavy atom. The van der Waals surface area contributed by atoms with Gasteiger partial charge in [0.25, 0.3) is 0 Å². The minimum absolute atomic E-state index is 0.0885. The van der Waals surface area contributed by atoms with Gasteiger partial charge in [0.2, 0.25) is 0 Å². The number of aromatic nitrogens is 2. The number of nitrogens with zero attached hydrogens (tertiary/aromatic N) is 2. The topological polar surface area (TPSA) is 36.3 Å². The first-order valence-electron chi connectivity index (χ1n) is 9.82. The van der Waals surface area contributed by atoms with Crippen LogP contribution < -0.4 is 4.74 Å². The van der Waals surface area contributed by atoms with Gasteiger partial charge in [-0.15, -0.1) is 13.2 Å². The van der Waals surface area contributed by atoms with E-state index in [9.17, 15) is 13.2 Å². The van der Waals surface area contributed by atoms with Crippen LogP contribution in [-0.4, -0.2) is 24.2 Å². The van der Waals surface area contributed by atoms with E-state index in [1.54, 1.807) is 18.5 Å². The number of hydrogen-bond donors (Lipinski definition) is 0. The average molecular weight is 515 g/mol. The monoisotopic (exact) mass is 514 g/mol. The lowest BCUT2D eigenvalue weighted by Crippen LogP contribution is -2.40. The highest BCUT2D eigenvalue weighted by Gasteiger charge is 2.37. The molecular weight excluding hydrogens is 489 g/mol. The molecule has 1 aromatic heterocycles. The molecule has 3 rings (SSSR count). The fraction of sp³-hybridized carbons (Fsp3) is 0.409. The van der Waals surface area contributed by atoms with Gasteiger partial charge < -0.3 is 13.7 Å². The summed E-state index contributed by atoms with van der Waals surface area (Å²) in [6.45, 7) is 11.5. The highest BCUT2D eigenvalue weighted by atomic mass is 79.9. The number of rotatable bonds is 5. The molecule has 0 saturated heterocycles. The average Bonchev–Trinajstić information content (AvgIpc) is 3.01. The first kappa shape index (κ1) is 23.8. The van der Waals surface area contributed by atoms with E-state index in [1.165, 1.54) is 12.1 Å². The van der Waals surface area contributed by atoms with Crippen molar-refractivity contribution in [2.24, 2.45) is 7.05 Å². The zero-order valence-electron chi connectivity index (χ0n) is 18.4. The molecule has 0 radical (unpaired) electrons. The Bertz CT molecular complexity index is 1090. The van der Waals surface area contributed by atoms with Crippen LogP contribution in [0.1, 0.15) is 26.3 Å². The summed E-state index contributed by atoms with van der Waals surface area (Å²) in [5.41, 5.74) is 4.26. The van der Waals surface area contributed by atoms with Crippen LogP contribution in [0, 0.1) is 0 Å². The number of imidazole rings is 1. The van der Waals surface area contributed by atoms with Crippen LogP contribution in [0.3, 0.4) is 0 Å². The number of hydrogen-bond acceptors (Lipinski definition) is 3. The molecule has 168 valence electrons. The number of fused-ring (bicyclic) bond motifs is 1. The summed E-state index contributed by atoms with van der Waals surface area (Å²) in [4.78, 5) is 4.56. The third-order valence-electron chi connectivity index (χ3n) is 5.82. The molecule has 0 aliphatic rings. The Hall–Kier alpha value is -1.84. The van der Waals surface area contributed by atoms with Gasteiger partial charge in [-0.25, -0.2) is 4.98 Å². The number of ether oxygens (including phenoxy) is 1. The van der Waals surface area contributed by atoms with E-state index >= 15 is 0 Å². The van der Waals surface area contributed by atoms with Crippen molar-refractivity contribution >= 4 is 35.3 Å². The van der Waals surface area contributed by atoms with E-state index in [0.29, 0.717) is 6.61 Å². The maximum absolute atomic E-state index is 12.5. The van der Waals surface area contributed by atoms with Crippen LogP contribution in [0.4, 0.5) is 13.2 Å². The van der Waals surface area contributed by atoms with E-state index in [0.717, 1.165) is 32.2 Å². The molecule has 31 heavy (non-hydrogen) atoms. The number of aryl methyl sites for hydroxylation is 1. The van der Waals surface area contributed by atoms with Crippen molar-refractivity contribution in [2.75, 3.05) is 0 Å². The third-order valence-corrected chi connectivity index (χ3v) is 11.0. The fourth-order valence-electron chi connectivity index (χ4n) is 3.04. The van der Waals surface area contributed by atoms with Crippen LogP contribution in [-0.2, 0) is 18.1 Å². The molecule has 0 amide bonds. The van der Waals surface area contributed by atoms with Crippen LogP contribution in [0.25, 0.3) is 22.2 Å². The minimum Gasteiger partial charge on any atom is -0.412 e. The molecule has 2 aromatic carbocycles. The second kappa shape index (κ2) is 8.25. The van der Waals surface area contributed by atoms with Gasteiger partial charge in [-0.05, 0) is 41.9 Å². The molecular formula is C22H26BrF3N2O2Si. The Morgan fingerprint density at radius 2 is 1.71 bits per heavy atom. The Kier molecular flexibility index (Phi) is 6.34. The molecule has 0 aliphatic heterocycles. The number of halogens is 4. The van der Waals surface area contributed by atoms with Crippen molar-refractivity contribution in [2.45, 2.75) is 51.9 Å². The van der Waals surface area contributed by atoms with Crippen molar-refractivity contribution in [3.05, 3.63) is 46.7 Å². The maximum Gasteiger partial charge on any atom is 0.573 e. The lowest BCUT2D eigenvalue weighted by atomic mass is 10.0. The number of benzene rings is 2. The predicted molar refractivity (Wildman–Crippen MR) is 123 cm³/mol. The highest BCUT2D eigenvalue weighted by Crippen LogP contribution is 2.40. The van der Waals surface area contributed by atoms with E-state index < -0.39 is 14.7 Å². The normalized spacial score (nSPS) is 13.1. The summed E-state index contributed by atoms with van der Waals surface area (Å²) in [6.07, 6.45) is -2.98. The van der Waals surface area contributed by atoms with Crippen molar-refractivity contribution in [3.63, 3.8) is 0 Å². The smallest absolute Gasteiger partial charge is 0.412 e. The molecule has 0 aliphatic carbocycles. The SMILES string of the molecule is Cn1cnc2c(-c3ccc(OC(F)(F)F)cc3)cc(Br)c(CO[Si](C)(C)C(C)(C)C)c21. The summed E-state index contributed by atoms with van der Waals surface area (Å²) >= 11 is 3.68. The summed E-state index contributed by atoms with van der Waals surface area (Å²) in [6, 6.07) is 7.75. The van der Waals surface area contributed by atoms with E-state index in [2.05, 4.69) is 59.5 Å². The van der Waals surface area contributed by atoms with Gasteiger partial charge in [-0.3, -0.25) is 0 Å². The maximum atomic E-state index is 12.5. The molecule has 0 saturated carbocycles. The van der Waals surface area contributed by atoms with Crippen molar-refractivity contribution in [1.82, 2.24) is 9.55 Å². The lowest BCUT2D eigenvalue weighted by Gasteiger charge is -2.36. The van der Waals surface area contributed by atoms with Gasteiger partial charge in [-0.1, -0.05) is 48.8 Å². The second-order valence-corrected chi connectivity index (χ2v) is 14.7. The second-order valence-electron chi connectivity index (χ2n) is 9.06. The standard InChI is InChI=1S/C22H26BrF3N2O2Si/c1-21(2,3)31(5,6)29-12-17-18(23)11-16(19-20(17)28(4)13-27-19)14-7-9-15(10-8-14)30-22(24,25)26/h7-11,13H,12H2,1-6H3. The predicted octanol–water partition coefficient (Wildman–Crippen LogP) is 7.42. The van der Waals surface area contributed by atoms with Crippen molar-refractivity contribution in [1.29, 1.82) is 0 Å². The molecule has 9 heteroatoms. The molecule has 0 fully saturated rings. The van der Waals surface area contributed by atoms with Crippen LogP contribution in [0.2, 0.25) is 18.1 Å². The Labute approximate surface area is 189 Å². The van der Waals surface area contributed by atoms with E-state index in [4.69, 9.17) is 4.43 Å². The molecule has 3 aromatic rings. The zero-order valence-corrected chi connectivity index (χ0v) is 21.0. The lowest BCUT2D eigenvalue weighted by molar-refractivity contribution is -0.274. The molecule has 4 nitrogen and oxygen atoms in total. The summed E-state index contributed by atoms with van der Waals surface area (Å²) in [5.74, 6) is -0.257. The minimum atomic E-state index is -4.72. The summed E-state index contributed by atoms with van der Waals surface area (Å²) in [5, 5.41) is 0.0885. The Balaban J connectivity index is 2.01. The fourth-order valence-corrected chi connectivity index (χ4v) is 4.51. The highest BCUT2D eigenvalue weighted by molar-refractivity contribution is 9.10. The largest absolute Gasteiger partial charge is 0.573 e. The molecule has 0 spiro atoms. The number of alkyl halides is 3. The molecule has 0 atom stereocenters. The van der Waals surface area contributed by atoms with Gasteiger partial charge in [0.15, 0.2) is 8.32 Å².